The van der Waals surface area contributed by atoms with Gasteiger partial charge in [-0.25, -0.2) is 4.68 Å². The van der Waals surface area contributed by atoms with Gasteiger partial charge in [0.15, 0.2) is 0 Å². The Morgan fingerprint density at radius 2 is 2.35 bits per heavy atom. The van der Waals surface area contributed by atoms with E-state index in [2.05, 4.69) is 16.3 Å². The van der Waals surface area contributed by atoms with Crippen molar-refractivity contribution in [1.82, 2.24) is 14.7 Å². The standard InChI is InChI=1S/C11H15ClN4O/c1-4-5-13-9-8-14-16(7-6-15(2)3)11(17)10(9)12/h1,8,13H,5-7H2,2-3H3. The molecular weight excluding hydrogens is 240 g/mol. The molecule has 0 spiro atoms. The average molecular weight is 255 g/mol. The molecule has 5 nitrogen and oxygen atoms in total. The Kier molecular flexibility index (Phi) is 5.01. The van der Waals surface area contributed by atoms with Crippen LogP contribution >= 0.6 is 11.6 Å². The first-order valence-corrected chi connectivity index (χ1v) is 5.51. The molecule has 0 fully saturated rings. The highest BCUT2D eigenvalue weighted by molar-refractivity contribution is 6.32. The van der Waals surface area contributed by atoms with Gasteiger partial charge in [0, 0.05) is 6.54 Å². The number of halogens is 1. The zero-order chi connectivity index (χ0) is 12.8. The van der Waals surface area contributed by atoms with Crippen LogP contribution in [0.3, 0.4) is 0 Å². The number of terminal acetylenes is 1. The van der Waals surface area contributed by atoms with Crippen molar-refractivity contribution in [2.24, 2.45) is 0 Å². The van der Waals surface area contributed by atoms with Crippen LogP contribution in [-0.2, 0) is 6.54 Å². The molecule has 0 aromatic carbocycles. The third-order valence-corrected chi connectivity index (χ3v) is 2.49. The molecule has 1 heterocycles. The van der Waals surface area contributed by atoms with Crippen molar-refractivity contribution in [3.05, 3.63) is 21.6 Å². The third-order valence-electron chi connectivity index (χ3n) is 2.12. The lowest BCUT2D eigenvalue weighted by molar-refractivity contribution is 0.367. The van der Waals surface area contributed by atoms with Crippen molar-refractivity contribution in [1.29, 1.82) is 0 Å². The largest absolute Gasteiger partial charge is 0.371 e. The lowest BCUT2D eigenvalue weighted by Crippen LogP contribution is -2.29. The van der Waals surface area contributed by atoms with Crippen LogP contribution in [0.15, 0.2) is 11.0 Å². The Hall–Kier alpha value is -1.51. The summed E-state index contributed by atoms with van der Waals surface area (Å²) in [6.07, 6.45) is 6.62. The van der Waals surface area contributed by atoms with Gasteiger partial charge in [0.1, 0.15) is 5.02 Å². The van der Waals surface area contributed by atoms with Crippen LogP contribution in [0.25, 0.3) is 0 Å². The lowest BCUT2D eigenvalue weighted by Gasteiger charge is -2.11. The van der Waals surface area contributed by atoms with E-state index in [0.717, 1.165) is 6.54 Å². The fourth-order valence-electron chi connectivity index (χ4n) is 1.19. The molecule has 1 rings (SSSR count). The van der Waals surface area contributed by atoms with Crippen molar-refractivity contribution in [2.45, 2.75) is 6.54 Å². The van der Waals surface area contributed by atoms with Crippen molar-refractivity contribution >= 4 is 17.3 Å². The first-order valence-electron chi connectivity index (χ1n) is 5.14. The quantitative estimate of drug-likeness (QED) is 0.778. The molecule has 1 aromatic rings. The molecule has 6 heteroatoms. The fraction of sp³-hybridized carbons (Fsp3) is 0.455. The molecule has 17 heavy (non-hydrogen) atoms. The summed E-state index contributed by atoms with van der Waals surface area (Å²) >= 11 is 5.93. The molecule has 1 aromatic heterocycles. The molecule has 0 bridgehead atoms. The maximum absolute atomic E-state index is 11.8. The van der Waals surface area contributed by atoms with Crippen LogP contribution in [0, 0.1) is 12.3 Å². The van der Waals surface area contributed by atoms with Gasteiger partial charge in [-0.05, 0) is 14.1 Å². The van der Waals surface area contributed by atoms with Gasteiger partial charge in [-0.2, -0.15) is 5.10 Å². The van der Waals surface area contributed by atoms with E-state index in [1.807, 2.05) is 19.0 Å². The summed E-state index contributed by atoms with van der Waals surface area (Å²) in [5, 5.41) is 6.99. The van der Waals surface area contributed by atoms with E-state index in [9.17, 15) is 4.79 Å². The number of nitrogens with zero attached hydrogens (tertiary/aromatic N) is 3. The predicted molar refractivity (Wildman–Crippen MR) is 69.4 cm³/mol. The van der Waals surface area contributed by atoms with Gasteiger partial charge in [-0.3, -0.25) is 4.79 Å². The van der Waals surface area contributed by atoms with Crippen molar-refractivity contribution in [3.8, 4) is 12.3 Å². The minimum absolute atomic E-state index is 0.119. The van der Waals surface area contributed by atoms with Gasteiger partial charge in [0.25, 0.3) is 5.56 Å². The monoisotopic (exact) mass is 254 g/mol. The number of hydrogen-bond acceptors (Lipinski definition) is 4. The van der Waals surface area contributed by atoms with Gasteiger partial charge in [-0.1, -0.05) is 17.5 Å². The molecule has 92 valence electrons. The molecule has 0 aliphatic rings. The van der Waals surface area contributed by atoms with Crippen LogP contribution in [0.1, 0.15) is 0 Å². The van der Waals surface area contributed by atoms with Crippen LogP contribution in [-0.4, -0.2) is 41.9 Å². The first-order chi connectivity index (χ1) is 8.06. The number of nitrogens with one attached hydrogen (secondary N) is 1. The summed E-state index contributed by atoms with van der Waals surface area (Å²) in [4.78, 5) is 13.8. The number of hydrogen-bond donors (Lipinski definition) is 1. The Morgan fingerprint density at radius 1 is 1.65 bits per heavy atom. The van der Waals surface area contributed by atoms with Crippen LogP contribution in [0.5, 0.6) is 0 Å². The van der Waals surface area contributed by atoms with Crippen LogP contribution in [0.4, 0.5) is 5.69 Å². The fourth-order valence-corrected chi connectivity index (χ4v) is 1.40. The minimum atomic E-state index is -0.310. The Balaban J connectivity index is 2.87. The molecule has 0 unspecified atom stereocenters. The van der Waals surface area contributed by atoms with Crippen LogP contribution < -0.4 is 10.9 Å². The van der Waals surface area contributed by atoms with E-state index in [0.29, 0.717) is 18.8 Å². The van der Waals surface area contributed by atoms with Gasteiger partial charge >= 0.3 is 0 Å². The molecule has 0 aliphatic heterocycles. The smallest absolute Gasteiger partial charge is 0.287 e. The maximum Gasteiger partial charge on any atom is 0.287 e. The summed E-state index contributed by atoms with van der Waals surface area (Å²) in [5.74, 6) is 2.40. The van der Waals surface area contributed by atoms with E-state index in [-0.39, 0.29) is 10.6 Å². The Labute approximate surface area is 105 Å². The normalized spacial score (nSPS) is 10.3. The van der Waals surface area contributed by atoms with Gasteiger partial charge in [0.05, 0.1) is 25.0 Å². The van der Waals surface area contributed by atoms with Gasteiger partial charge < -0.3 is 10.2 Å². The summed E-state index contributed by atoms with van der Waals surface area (Å²) in [6.45, 7) is 1.53. The molecule has 0 radical (unpaired) electrons. The van der Waals surface area contributed by atoms with E-state index >= 15 is 0 Å². The molecule has 0 saturated heterocycles. The lowest BCUT2D eigenvalue weighted by atomic mass is 10.4. The maximum atomic E-state index is 11.8. The zero-order valence-electron chi connectivity index (χ0n) is 9.90. The van der Waals surface area contributed by atoms with Crippen molar-refractivity contribution < 1.29 is 0 Å². The molecule has 1 N–H and O–H groups in total. The second-order valence-corrected chi connectivity index (χ2v) is 4.14. The second-order valence-electron chi connectivity index (χ2n) is 3.76. The summed E-state index contributed by atoms with van der Waals surface area (Å²) < 4.78 is 1.34. The first kappa shape index (κ1) is 13.6. The van der Waals surface area contributed by atoms with E-state index in [1.165, 1.54) is 10.9 Å². The number of aromatic nitrogens is 2. The van der Waals surface area contributed by atoms with Crippen molar-refractivity contribution in [2.75, 3.05) is 32.5 Å². The van der Waals surface area contributed by atoms with Crippen LogP contribution in [0.2, 0.25) is 5.02 Å². The summed E-state index contributed by atoms with van der Waals surface area (Å²) in [5.41, 5.74) is 0.159. The van der Waals surface area contributed by atoms with E-state index in [1.54, 1.807) is 0 Å². The zero-order valence-corrected chi connectivity index (χ0v) is 10.7. The molecule has 0 amide bonds. The predicted octanol–water partition coefficient (Wildman–Crippen LogP) is 0.503. The third kappa shape index (κ3) is 3.77. The summed E-state index contributed by atoms with van der Waals surface area (Å²) in [7, 11) is 3.85. The Bertz CT molecular complexity index is 475. The average Bonchev–Trinajstić information content (AvgIpc) is 2.29. The molecule has 0 saturated carbocycles. The molecule has 0 atom stereocenters. The number of rotatable bonds is 5. The van der Waals surface area contributed by atoms with Gasteiger partial charge in [0.2, 0.25) is 0 Å². The number of anilines is 1. The van der Waals surface area contributed by atoms with Gasteiger partial charge in [-0.15, -0.1) is 6.42 Å². The van der Waals surface area contributed by atoms with E-state index < -0.39 is 0 Å². The number of likely N-dealkylation sites (N-methyl/N-ethyl adjacent to an activating group) is 1. The highest BCUT2D eigenvalue weighted by atomic mass is 35.5. The SMILES string of the molecule is C#CCNc1cnn(CCN(C)C)c(=O)c1Cl. The second kappa shape index (κ2) is 6.28. The summed E-state index contributed by atoms with van der Waals surface area (Å²) in [6, 6.07) is 0. The van der Waals surface area contributed by atoms with E-state index in [4.69, 9.17) is 18.0 Å². The van der Waals surface area contributed by atoms with Crippen molar-refractivity contribution in [3.63, 3.8) is 0 Å². The Morgan fingerprint density at radius 3 is 2.94 bits per heavy atom. The molecular formula is C11H15ClN4O. The highest BCUT2D eigenvalue weighted by Crippen LogP contribution is 2.14. The topological polar surface area (TPSA) is 50.2 Å². The molecule has 0 aliphatic carbocycles. The highest BCUT2D eigenvalue weighted by Gasteiger charge is 2.08. The minimum Gasteiger partial charge on any atom is -0.371 e.